The van der Waals surface area contributed by atoms with E-state index >= 15 is 0 Å². The lowest BCUT2D eigenvalue weighted by atomic mass is 10.2. The molecule has 2 aromatic carbocycles. The summed E-state index contributed by atoms with van der Waals surface area (Å²) in [5.41, 5.74) is 0.372. The van der Waals surface area contributed by atoms with E-state index in [2.05, 4.69) is 0 Å². The second kappa shape index (κ2) is 8.36. The van der Waals surface area contributed by atoms with E-state index in [9.17, 15) is 13.2 Å². The van der Waals surface area contributed by atoms with E-state index in [1.54, 1.807) is 18.2 Å². The Kier molecular flexibility index (Phi) is 6.20. The van der Waals surface area contributed by atoms with Crippen molar-refractivity contribution < 1.29 is 22.7 Å². The second-order valence-corrected chi connectivity index (χ2v) is 6.96. The molecule has 8 heteroatoms. The standard InChI is InChI=1S/C18H18N2O5S/c1-3-24-15-7-9-17(10-8-15)26(22,23)20-18(21)13(2)25-16-6-4-5-14(11-16)12-19/h4-11,13H,3H2,1-2H3,(H,20,21). The third-order valence-electron chi connectivity index (χ3n) is 3.33. The van der Waals surface area contributed by atoms with E-state index in [4.69, 9.17) is 14.7 Å². The van der Waals surface area contributed by atoms with Gasteiger partial charge in [0.1, 0.15) is 11.5 Å². The van der Waals surface area contributed by atoms with Crippen molar-refractivity contribution in [3.63, 3.8) is 0 Å². The number of ether oxygens (including phenoxy) is 2. The van der Waals surface area contributed by atoms with Crippen molar-refractivity contribution >= 4 is 15.9 Å². The van der Waals surface area contributed by atoms with Gasteiger partial charge in [0.25, 0.3) is 15.9 Å². The van der Waals surface area contributed by atoms with Crippen LogP contribution in [0.15, 0.2) is 53.4 Å². The highest BCUT2D eigenvalue weighted by molar-refractivity contribution is 7.90. The minimum atomic E-state index is -4.03. The van der Waals surface area contributed by atoms with Crippen LogP contribution in [0.1, 0.15) is 19.4 Å². The van der Waals surface area contributed by atoms with Gasteiger partial charge in [-0.25, -0.2) is 13.1 Å². The van der Waals surface area contributed by atoms with Crippen LogP contribution < -0.4 is 14.2 Å². The van der Waals surface area contributed by atoms with Crippen molar-refractivity contribution in [2.24, 2.45) is 0 Å². The monoisotopic (exact) mass is 374 g/mol. The first-order valence-corrected chi connectivity index (χ1v) is 9.30. The Balaban J connectivity index is 2.05. The molecule has 1 unspecified atom stereocenters. The van der Waals surface area contributed by atoms with E-state index in [-0.39, 0.29) is 4.90 Å². The van der Waals surface area contributed by atoms with Crippen LogP contribution >= 0.6 is 0 Å². The summed E-state index contributed by atoms with van der Waals surface area (Å²) >= 11 is 0. The molecular weight excluding hydrogens is 356 g/mol. The molecule has 0 aliphatic heterocycles. The molecule has 0 saturated carbocycles. The average Bonchev–Trinajstić information content (AvgIpc) is 2.62. The van der Waals surface area contributed by atoms with Crippen molar-refractivity contribution in [2.75, 3.05) is 6.61 Å². The molecule has 136 valence electrons. The lowest BCUT2D eigenvalue weighted by Gasteiger charge is -2.15. The summed E-state index contributed by atoms with van der Waals surface area (Å²) in [4.78, 5) is 12.1. The number of carbonyl (C=O) groups excluding carboxylic acids is 1. The molecule has 1 atom stereocenters. The zero-order valence-electron chi connectivity index (χ0n) is 14.3. The van der Waals surface area contributed by atoms with Gasteiger partial charge in [-0.3, -0.25) is 4.79 Å². The number of hydrogen-bond acceptors (Lipinski definition) is 6. The van der Waals surface area contributed by atoms with E-state index in [0.717, 1.165) is 0 Å². The van der Waals surface area contributed by atoms with E-state index in [1.165, 1.54) is 37.3 Å². The quantitative estimate of drug-likeness (QED) is 0.797. The molecule has 0 bridgehead atoms. The zero-order valence-corrected chi connectivity index (χ0v) is 15.1. The van der Waals surface area contributed by atoms with Gasteiger partial charge in [0, 0.05) is 0 Å². The topological polar surface area (TPSA) is 105 Å². The maximum absolute atomic E-state index is 12.3. The van der Waals surface area contributed by atoms with Crippen molar-refractivity contribution in [1.29, 1.82) is 5.26 Å². The van der Waals surface area contributed by atoms with Gasteiger partial charge in [-0.2, -0.15) is 5.26 Å². The Morgan fingerprint density at radius 1 is 1.19 bits per heavy atom. The molecule has 2 aromatic rings. The minimum absolute atomic E-state index is 0.0621. The summed E-state index contributed by atoms with van der Waals surface area (Å²) in [6.45, 7) is 3.70. The van der Waals surface area contributed by atoms with Gasteiger partial charge in [-0.1, -0.05) is 6.07 Å². The third-order valence-corrected chi connectivity index (χ3v) is 4.69. The van der Waals surface area contributed by atoms with Gasteiger partial charge in [-0.15, -0.1) is 0 Å². The number of nitrogens with zero attached hydrogens (tertiary/aromatic N) is 1. The predicted octanol–water partition coefficient (Wildman–Crippen LogP) is 2.23. The SMILES string of the molecule is CCOc1ccc(S(=O)(=O)NC(=O)C(C)Oc2cccc(C#N)c2)cc1. The van der Waals surface area contributed by atoms with Crippen LogP contribution in [0.25, 0.3) is 0 Å². The van der Waals surface area contributed by atoms with E-state index in [1.807, 2.05) is 17.7 Å². The Bertz CT molecular complexity index is 917. The number of carbonyl (C=O) groups is 1. The first kappa shape index (κ1) is 19.3. The van der Waals surface area contributed by atoms with Crippen LogP contribution in [0.2, 0.25) is 0 Å². The molecule has 0 aliphatic rings. The molecule has 26 heavy (non-hydrogen) atoms. The highest BCUT2D eigenvalue weighted by atomic mass is 32.2. The number of rotatable bonds is 7. The fourth-order valence-electron chi connectivity index (χ4n) is 2.05. The maximum Gasteiger partial charge on any atom is 0.274 e. The highest BCUT2D eigenvalue weighted by Gasteiger charge is 2.23. The van der Waals surface area contributed by atoms with Crippen molar-refractivity contribution in [1.82, 2.24) is 4.72 Å². The highest BCUT2D eigenvalue weighted by Crippen LogP contribution is 2.17. The summed E-state index contributed by atoms with van der Waals surface area (Å²) in [5.74, 6) is 0.0123. The summed E-state index contributed by atoms with van der Waals surface area (Å²) in [5, 5.41) is 8.86. The number of nitrogens with one attached hydrogen (secondary N) is 1. The van der Waals surface area contributed by atoms with Crippen LogP contribution in [0, 0.1) is 11.3 Å². The van der Waals surface area contributed by atoms with Crippen molar-refractivity contribution in [2.45, 2.75) is 24.8 Å². The average molecular weight is 374 g/mol. The molecule has 0 saturated heterocycles. The molecule has 0 fully saturated rings. The summed E-state index contributed by atoms with van der Waals surface area (Å²) < 4.78 is 37.2. The van der Waals surface area contributed by atoms with Gasteiger partial charge in [0.15, 0.2) is 6.10 Å². The van der Waals surface area contributed by atoms with Crippen LogP contribution in [0.3, 0.4) is 0 Å². The molecular formula is C18H18N2O5S. The maximum atomic E-state index is 12.3. The van der Waals surface area contributed by atoms with Gasteiger partial charge in [0.2, 0.25) is 0 Å². The molecule has 1 N–H and O–H groups in total. The molecule has 7 nitrogen and oxygen atoms in total. The summed E-state index contributed by atoms with van der Waals surface area (Å²) in [7, 11) is -4.03. The van der Waals surface area contributed by atoms with Crippen LogP contribution in [-0.2, 0) is 14.8 Å². The van der Waals surface area contributed by atoms with Gasteiger partial charge < -0.3 is 9.47 Å². The van der Waals surface area contributed by atoms with E-state index < -0.39 is 22.0 Å². The fraction of sp³-hybridized carbons (Fsp3) is 0.222. The molecule has 0 heterocycles. The van der Waals surface area contributed by atoms with Crippen LogP contribution in [-0.4, -0.2) is 27.0 Å². The molecule has 2 rings (SSSR count). The molecule has 0 spiro atoms. The number of benzene rings is 2. The van der Waals surface area contributed by atoms with Gasteiger partial charge >= 0.3 is 0 Å². The van der Waals surface area contributed by atoms with Crippen LogP contribution in [0.5, 0.6) is 11.5 Å². The molecule has 0 radical (unpaired) electrons. The lowest BCUT2D eigenvalue weighted by Crippen LogP contribution is -2.39. The molecule has 0 aliphatic carbocycles. The van der Waals surface area contributed by atoms with Gasteiger partial charge in [-0.05, 0) is 56.3 Å². The largest absolute Gasteiger partial charge is 0.494 e. The predicted molar refractivity (Wildman–Crippen MR) is 94.2 cm³/mol. The smallest absolute Gasteiger partial charge is 0.274 e. The Morgan fingerprint density at radius 2 is 1.88 bits per heavy atom. The fourth-order valence-corrected chi connectivity index (χ4v) is 3.10. The lowest BCUT2D eigenvalue weighted by molar-refractivity contribution is -0.125. The molecule has 0 aromatic heterocycles. The number of hydrogen-bond donors (Lipinski definition) is 1. The zero-order chi connectivity index (χ0) is 19.2. The summed E-state index contributed by atoms with van der Waals surface area (Å²) in [6, 6.07) is 13.9. The Hall–Kier alpha value is -3.05. The van der Waals surface area contributed by atoms with Crippen molar-refractivity contribution in [3.05, 3.63) is 54.1 Å². The number of sulfonamides is 1. The normalized spacial score (nSPS) is 11.9. The van der Waals surface area contributed by atoms with E-state index in [0.29, 0.717) is 23.7 Å². The van der Waals surface area contributed by atoms with Crippen molar-refractivity contribution in [3.8, 4) is 17.6 Å². The Labute approximate surface area is 152 Å². The minimum Gasteiger partial charge on any atom is -0.494 e. The van der Waals surface area contributed by atoms with Crippen LogP contribution in [0.4, 0.5) is 0 Å². The first-order chi connectivity index (χ1) is 12.4. The third kappa shape index (κ3) is 4.97. The number of nitriles is 1. The Morgan fingerprint density at radius 3 is 2.50 bits per heavy atom. The molecule has 1 amide bonds. The summed E-state index contributed by atoms with van der Waals surface area (Å²) in [6.07, 6.45) is -1.07. The number of amides is 1. The first-order valence-electron chi connectivity index (χ1n) is 7.82. The second-order valence-electron chi connectivity index (χ2n) is 5.27. The van der Waals surface area contributed by atoms with Gasteiger partial charge in [0.05, 0.1) is 23.1 Å².